The fraction of sp³-hybridized carbons (Fsp3) is 0.381. The molecule has 1 atom stereocenters. The molecule has 0 saturated heterocycles. The van der Waals surface area contributed by atoms with Crippen molar-refractivity contribution in [3.8, 4) is 5.75 Å². The number of fused-ring (bicyclic) bond motifs is 1. The first-order valence-corrected chi connectivity index (χ1v) is 10.9. The maximum absolute atomic E-state index is 12.7. The molecule has 0 spiro atoms. The SMILES string of the molecule is CCC(=O)N1CCc2cc(S(=O)(=O)NC(C)COc3ccc(C)cc3)ccc21. The minimum Gasteiger partial charge on any atom is -0.492 e. The normalized spacial score (nSPS) is 14.6. The molecule has 0 bridgehead atoms. The number of sulfonamides is 1. The Morgan fingerprint density at radius 2 is 1.93 bits per heavy atom. The van der Waals surface area contributed by atoms with Gasteiger partial charge in [0.2, 0.25) is 15.9 Å². The van der Waals surface area contributed by atoms with Gasteiger partial charge in [0.05, 0.1) is 10.9 Å². The molecule has 0 aromatic heterocycles. The summed E-state index contributed by atoms with van der Waals surface area (Å²) < 4.78 is 33.8. The highest BCUT2D eigenvalue weighted by molar-refractivity contribution is 7.89. The van der Waals surface area contributed by atoms with E-state index < -0.39 is 16.1 Å². The fourth-order valence-electron chi connectivity index (χ4n) is 3.22. The zero-order valence-corrected chi connectivity index (χ0v) is 17.3. The van der Waals surface area contributed by atoms with Crippen molar-refractivity contribution >= 4 is 21.6 Å². The van der Waals surface area contributed by atoms with Crippen LogP contribution in [-0.4, -0.2) is 33.5 Å². The Balaban J connectivity index is 1.66. The number of benzene rings is 2. The van der Waals surface area contributed by atoms with Crippen LogP contribution in [0.4, 0.5) is 5.69 Å². The van der Waals surface area contributed by atoms with E-state index in [1.54, 1.807) is 30.0 Å². The number of aryl methyl sites for hydroxylation is 1. The predicted molar refractivity (Wildman–Crippen MR) is 109 cm³/mol. The number of hydrogen-bond donors (Lipinski definition) is 1. The molecule has 1 N–H and O–H groups in total. The van der Waals surface area contributed by atoms with Gasteiger partial charge in [-0.2, -0.15) is 0 Å². The number of rotatable bonds is 7. The second kappa shape index (κ2) is 8.32. The number of carbonyl (C=O) groups excluding carboxylic acids is 1. The lowest BCUT2D eigenvalue weighted by Crippen LogP contribution is -2.36. The van der Waals surface area contributed by atoms with E-state index in [1.807, 2.05) is 38.1 Å². The standard InChI is InChI=1S/C21H26N2O4S/c1-4-21(24)23-12-11-17-13-19(9-10-20(17)23)28(25,26)22-16(3)14-27-18-7-5-15(2)6-8-18/h5-10,13,16,22H,4,11-12,14H2,1-3H3. The first-order chi connectivity index (χ1) is 13.3. The van der Waals surface area contributed by atoms with Crippen LogP contribution in [0.1, 0.15) is 31.4 Å². The molecule has 7 heteroatoms. The van der Waals surface area contributed by atoms with Gasteiger partial charge in [-0.15, -0.1) is 0 Å². The van der Waals surface area contributed by atoms with Crippen molar-refractivity contribution in [1.82, 2.24) is 4.72 Å². The van der Waals surface area contributed by atoms with Crippen molar-refractivity contribution in [1.29, 1.82) is 0 Å². The van der Waals surface area contributed by atoms with Gasteiger partial charge < -0.3 is 9.64 Å². The largest absolute Gasteiger partial charge is 0.492 e. The van der Waals surface area contributed by atoms with Crippen molar-refractivity contribution in [3.05, 3.63) is 53.6 Å². The summed E-state index contributed by atoms with van der Waals surface area (Å²) in [6.45, 7) is 6.41. The van der Waals surface area contributed by atoms with Crippen LogP contribution in [0.2, 0.25) is 0 Å². The second-order valence-electron chi connectivity index (χ2n) is 7.09. The van der Waals surface area contributed by atoms with E-state index in [9.17, 15) is 13.2 Å². The van der Waals surface area contributed by atoms with E-state index >= 15 is 0 Å². The summed E-state index contributed by atoms with van der Waals surface area (Å²) in [6.07, 6.45) is 1.09. The number of nitrogens with zero attached hydrogens (tertiary/aromatic N) is 1. The Hall–Kier alpha value is -2.38. The van der Waals surface area contributed by atoms with Crippen LogP contribution in [0.5, 0.6) is 5.75 Å². The van der Waals surface area contributed by atoms with E-state index in [-0.39, 0.29) is 17.4 Å². The molecule has 6 nitrogen and oxygen atoms in total. The summed E-state index contributed by atoms with van der Waals surface area (Å²) in [7, 11) is -3.67. The Bertz CT molecular complexity index is 955. The summed E-state index contributed by atoms with van der Waals surface area (Å²) in [6, 6.07) is 12.2. The van der Waals surface area contributed by atoms with Gasteiger partial charge in [0.1, 0.15) is 12.4 Å². The second-order valence-corrected chi connectivity index (χ2v) is 8.80. The molecule has 1 unspecified atom stereocenters. The number of hydrogen-bond acceptors (Lipinski definition) is 4. The van der Waals surface area contributed by atoms with E-state index in [2.05, 4.69) is 4.72 Å². The molecular weight excluding hydrogens is 376 g/mol. The van der Waals surface area contributed by atoms with E-state index in [0.717, 1.165) is 16.8 Å². The highest BCUT2D eigenvalue weighted by Gasteiger charge is 2.26. The fourth-order valence-corrected chi connectivity index (χ4v) is 4.50. The molecule has 1 amide bonds. The van der Waals surface area contributed by atoms with Crippen molar-refractivity contribution in [2.75, 3.05) is 18.1 Å². The molecule has 28 heavy (non-hydrogen) atoms. The topological polar surface area (TPSA) is 75.7 Å². The number of carbonyl (C=O) groups is 1. The summed E-state index contributed by atoms with van der Waals surface area (Å²) in [4.78, 5) is 13.9. The lowest BCUT2D eigenvalue weighted by Gasteiger charge is -2.18. The van der Waals surface area contributed by atoms with Gasteiger partial charge in [0.25, 0.3) is 0 Å². The van der Waals surface area contributed by atoms with Crippen LogP contribution in [0.3, 0.4) is 0 Å². The Morgan fingerprint density at radius 1 is 1.21 bits per heavy atom. The lowest BCUT2D eigenvalue weighted by molar-refractivity contribution is -0.118. The third kappa shape index (κ3) is 4.54. The molecule has 0 saturated carbocycles. The Kier molecular flexibility index (Phi) is 6.05. The third-order valence-electron chi connectivity index (χ3n) is 4.74. The summed E-state index contributed by atoms with van der Waals surface area (Å²) in [5, 5.41) is 0. The van der Waals surface area contributed by atoms with Crippen LogP contribution < -0.4 is 14.4 Å². The smallest absolute Gasteiger partial charge is 0.240 e. The zero-order chi connectivity index (χ0) is 20.3. The van der Waals surface area contributed by atoms with Gasteiger partial charge in [-0.3, -0.25) is 4.79 Å². The number of anilines is 1. The summed E-state index contributed by atoms with van der Waals surface area (Å²) >= 11 is 0. The van der Waals surface area contributed by atoms with E-state index in [4.69, 9.17) is 4.74 Å². The van der Waals surface area contributed by atoms with Crippen LogP contribution in [0.15, 0.2) is 47.4 Å². The van der Waals surface area contributed by atoms with Crippen molar-refractivity contribution in [2.45, 2.75) is 44.6 Å². The zero-order valence-electron chi connectivity index (χ0n) is 16.4. The molecule has 2 aromatic rings. The van der Waals surface area contributed by atoms with Crippen molar-refractivity contribution in [3.63, 3.8) is 0 Å². The predicted octanol–water partition coefficient (Wildman–Crippen LogP) is 3.04. The minimum absolute atomic E-state index is 0.0503. The van der Waals surface area contributed by atoms with Gasteiger partial charge >= 0.3 is 0 Å². The van der Waals surface area contributed by atoms with Crippen LogP contribution in [-0.2, 0) is 21.2 Å². The van der Waals surface area contributed by atoms with Crippen LogP contribution in [0.25, 0.3) is 0 Å². The molecule has 1 heterocycles. The molecule has 1 aliphatic rings. The van der Waals surface area contributed by atoms with E-state index in [1.165, 1.54) is 0 Å². The van der Waals surface area contributed by atoms with E-state index in [0.29, 0.717) is 25.1 Å². The monoisotopic (exact) mass is 402 g/mol. The number of nitrogens with one attached hydrogen (secondary N) is 1. The van der Waals surface area contributed by atoms with Gasteiger partial charge in [-0.05, 0) is 56.2 Å². The first kappa shape index (κ1) is 20.4. The summed E-state index contributed by atoms with van der Waals surface area (Å²) in [5.41, 5.74) is 2.83. The number of ether oxygens (including phenoxy) is 1. The average Bonchev–Trinajstić information content (AvgIpc) is 3.10. The van der Waals surface area contributed by atoms with Gasteiger partial charge in [0.15, 0.2) is 0 Å². The summed E-state index contributed by atoms with van der Waals surface area (Å²) in [5.74, 6) is 0.754. The minimum atomic E-state index is -3.67. The van der Waals surface area contributed by atoms with Crippen molar-refractivity contribution < 1.29 is 17.9 Å². The van der Waals surface area contributed by atoms with Crippen LogP contribution in [0, 0.1) is 6.92 Å². The average molecular weight is 403 g/mol. The van der Waals surface area contributed by atoms with Gasteiger partial charge in [0, 0.05) is 18.7 Å². The molecule has 3 rings (SSSR count). The Labute approximate surface area is 166 Å². The molecule has 0 radical (unpaired) electrons. The molecule has 1 aliphatic heterocycles. The maximum atomic E-state index is 12.7. The quantitative estimate of drug-likeness (QED) is 0.772. The number of amides is 1. The van der Waals surface area contributed by atoms with Crippen LogP contribution >= 0.6 is 0 Å². The maximum Gasteiger partial charge on any atom is 0.240 e. The van der Waals surface area contributed by atoms with Gasteiger partial charge in [-0.1, -0.05) is 24.6 Å². The third-order valence-corrected chi connectivity index (χ3v) is 6.32. The van der Waals surface area contributed by atoms with Gasteiger partial charge in [-0.25, -0.2) is 13.1 Å². The molecule has 0 fully saturated rings. The molecule has 0 aliphatic carbocycles. The van der Waals surface area contributed by atoms with Crippen molar-refractivity contribution in [2.24, 2.45) is 0 Å². The first-order valence-electron chi connectivity index (χ1n) is 9.45. The Morgan fingerprint density at radius 3 is 2.61 bits per heavy atom. The molecule has 150 valence electrons. The highest BCUT2D eigenvalue weighted by atomic mass is 32.2. The molecule has 2 aromatic carbocycles. The lowest BCUT2D eigenvalue weighted by atomic mass is 10.2. The molecular formula is C21H26N2O4S. The highest BCUT2D eigenvalue weighted by Crippen LogP contribution is 2.30.